The van der Waals surface area contributed by atoms with Gasteiger partial charge in [-0.15, -0.1) is 0 Å². The minimum absolute atomic E-state index is 0.0894. The number of hydrogen-bond acceptors (Lipinski definition) is 4. The summed E-state index contributed by atoms with van der Waals surface area (Å²) >= 11 is 5.96. The standard InChI is InChI=1S/C12H20ClN3O2S/c1-8(16(3)4)7-15-19(17,18)10-5-11(13)9(2)12(14)6-10/h5-6,8,15H,7,14H2,1-4H3. The summed E-state index contributed by atoms with van der Waals surface area (Å²) in [5.74, 6) is 0. The Morgan fingerprint density at radius 2 is 2.00 bits per heavy atom. The molecule has 3 N–H and O–H groups in total. The van der Waals surface area contributed by atoms with E-state index in [1.54, 1.807) is 6.92 Å². The second-order valence-electron chi connectivity index (χ2n) is 4.78. The molecule has 1 atom stereocenters. The number of nitrogen functional groups attached to an aromatic ring is 1. The first-order chi connectivity index (χ1) is 8.65. The maximum absolute atomic E-state index is 12.1. The Bertz CT molecular complexity index is 535. The molecule has 7 heteroatoms. The molecule has 0 aliphatic rings. The molecule has 1 aromatic rings. The van der Waals surface area contributed by atoms with Crippen LogP contribution in [0.5, 0.6) is 0 Å². The van der Waals surface area contributed by atoms with Crippen LogP contribution in [0.4, 0.5) is 5.69 Å². The van der Waals surface area contributed by atoms with Crippen LogP contribution in [-0.2, 0) is 10.0 Å². The Morgan fingerprint density at radius 1 is 1.42 bits per heavy atom. The summed E-state index contributed by atoms with van der Waals surface area (Å²) in [6.45, 7) is 4.00. The number of likely N-dealkylation sites (N-methyl/N-ethyl adjacent to an activating group) is 1. The molecule has 0 aliphatic carbocycles. The highest BCUT2D eigenvalue weighted by atomic mass is 35.5. The lowest BCUT2D eigenvalue weighted by Gasteiger charge is -2.20. The van der Waals surface area contributed by atoms with E-state index in [0.29, 0.717) is 22.8 Å². The van der Waals surface area contributed by atoms with E-state index in [2.05, 4.69) is 4.72 Å². The van der Waals surface area contributed by atoms with Crippen molar-refractivity contribution in [2.75, 3.05) is 26.4 Å². The van der Waals surface area contributed by atoms with Gasteiger partial charge in [-0.25, -0.2) is 13.1 Å². The molecule has 0 radical (unpaired) electrons. The van der Waals surface area contributed by atoms with E-state index in [0.717, 1.165) is 0 Å². The maximum atomic E-state index is 12.1. The van der Waals surface area contributed by atoms with E-state index in [9.17, 15) is 8.42 Å². The SMILES string of the molecule is Cc1c(N)cc(S(=O)(=O)NCC(C)N(C)C)cc1Cl. The molecule has 0 aromatic heterocycles. The maximum Gasteiger partial charge on any atom is 0.240 e. The molecule has 1 rings (SSSR count). The molecule has 1 aromatic carbocycles. The van der Waals surface area contributed by atoms with Crippen molar-refractivity contribution in [2.24, 2.45) is 0 Å². The molecule has 19 heavy (non-hydrogen) atoms. The fourth-order valence-electron chi connectivity index (χ4n) is 1.33. The number of anilines is 1. The zero-order valence-corrected chi connectivity index (χ0v) is 13.1. The summed E-state index contributed by atoms with van der Waals surface area (Å²) in [5, 5.41) is 0.348. The number of halogens is 1. The molecule has 5 nitrogen and oxygen atoms in total. The molecule has 0 bridgehead atoms. The van der Waals surface area contributed by atoms with Crippen LogP contribution in [0, 0.1) is 6.92 Å². The van der Waals surface area contributed by atoms with Gasteiger partial charge in [-0.1, -0.05) is 11.6 Å². The van der Waals surface area contributed by atoms with Gasteiger partial charge in [0.25, 0.3) is 0 Å². The number of rotatable bonds is 5. The van der Waals surface area contributed by atoms with Crippen LogP contribution in [0.2, 0.25) is 5.02 Å². The molecule has 0 heterocycles. The zero-order chi connectivity index (χ0) is 14.8. The smallest absolute Gasteiger partial charge is 0.240 e. The third-order valence-electron chi connectivity index (χ3n) is 3.12. The number of sulfonamides is 1. The average Bonchev–Trinajstić information content (AvgIpc) is 2.32. The van der Waals surface area contributed by atoms with Crippen LogP contribution < -0.4 is 10.5 Å². The van der Waals surface area contributed by atoms with Crippen molar-refractivity contribution in [3.8, 4) is 0 Å². The van der Waals surface area contributed by atoms with Crippen molar-refractivity contribution < 1.29 is 8.42 Å². The Balaban J connectivity index is 2.95. The van der Waals surface area contributed by atoms with Crippen molar-refractivity contribution >= 4 is 27.3 Å². The molecule has 1 unspecified atom stereocenters. The highest BCUT2D eigenvalue weighted by molar-refractivity contribution is 7.89. The van der Waals surface area contributed by atoms with E-state index < -0.39 is 10.0 Å². The second kappa shape index (κ2) is 6.09. The van der Waals surface area contributed by atoms with Gasteiger partial charge in [0.2, 0.25) is 10.0 Å². The van der Waals surface area contributed by atoms with Gasteiger partial charge in [-0.05, 0) is 45.6 Å². The molecular formula is C12H20ClN3O2S. The topological polar surface area (TPSA) is 75.4 Å². The molecule has 0 saturated carbocycles. The summed E-state index contributed by atoms with van der Waals surface area (Å²) < 4.78 is 26.8. The quantitative estimate of drug-likeness (QED) is 0.808. The van der Waals surface area contributed by atoms with Gasteiger partial charge in [0.15, 0.2) is 0 Å². The number of hydrogen-bond donors (Lipinski definition) is 2. The van der Waals surface area contributed by atoms with Crippen molar-refractivity contribution in [1.82, 2.24) is 9.62 Å². The van der Waals surface area contributed by atoms with Gasteiger partial charge in [0, 0.05) is 23.3 Å². The molecule has 0 saturated heterocycles. The molecular weight excluding hydrogens is 286 g/mol. The molecule has 0 fully saturated rings. The molecule has 108 valence electrons. The van der Waals surface area contributed by atoms with Crippen molar-refractivity contribution in [1.29, 1.82) is 0 Å². The normalized spacial score (nSPS) is 13.8. The van der Waals surface area contributed by atoms with Crippen LogP contribution in [0.1, 0.15) is 12.5 Å². The largest absolute Gasteiger partial charge is 0.398 e. The van der Waals surface area contributed by atoms with Gasteiger partial charge in [-0.2, -0.15) is 0 Å². The lowest BCUT2D eigenvalue weighted by Crippen LogP contribution is -2.38. The highest BCUT2D eigenvalue weighted by Gasteiger charge is 2.18. The number of nitrogens with zero attached hydrogens (tertiary/aromatic N) is 1. The van der Waals surface area contributed by atoms with E-state index in [1.807, 2.05) is 25.9 Å². The summed E-state index contributed by atoms with van der Waals surface area (Å²) in [6.07, 6.45) is 0. The number of nitrogens with two attached hydrogens (primary N) is 1. The summed E-state index contributed by atoms with van der Waals surface area (Å²) in [4.78, 5) is 2.02. The molecule has 0 spiro atoms. The second-order valence-corrected chi connectivity index (χ2v) is 6.96. The monoisotopic (exact) mass is 305 g/mol. The van der Waals surface area contributed by atoms with Gasteiger partial charge in [0.05, 0.1) is 4.90 Å². The van der Waals surface area contributed by atoms with Crippen LogP contribution in [0.25, 0.3) is 0 Å². The van der Waals surface area contributed by atoms with Crippen molar-refractivity contribution in [3.05, 3.63) is 22.7 Å². The summed E-state index contributed by atoms with van der Waals surface area (Å²) in [5.41, 5.74) is 6.79. The first kappa shape index (κ1) is 16.2. The Hall–Kier alpha value is -0.820. The van der Waals surface area contributed by atoms with E-state index >= 15 is 0 Å². The third-order valence-corrected chi connectivity index (χ3v) is 4.91. The Labute approximate surface area is 119 Å². The van der Waals surface area contributed by atoms with Gasteiger partial charge >= 0.3 is 0 Å². The van der Waals surface area contributed by atoms with Gasteiger partial charge in [0.1, 0.15) is 0 Å². The first-order valence-corrected chi connectivity index (χ1v) is 7.73. The van der Waals surface area contributed by atoms with Crippen LogP contribution >= 0.6 is 11.6 Å². The minimum atomic E-state index is -3.59. The highest BCUT2D eigenvalue weighted by Crippen LogP contribution is 2.25. The lowest BCUT2D eigenvalue weighted by atomic mass is 10.2. The average molecular weight is 306 g/mol. The minimum Gasteiger partial charge on any atom is -0.398 e. The number of nitrogens with one attached hydrogen (secondary N) is 1. The third kappa shape index (κ3) is 4.07. The van der Waals surface area contributed by atoms with E-state index in [1.165, 1.54) is 12.1 Å². The number of benzene rings is 1. The van der Waals surface area contributed by atoms with Crippen molar-refractivity contribution in [3.63, 3.8) is 0 Å². The Kier molecular flexibility index (Phi) is 5.20. The Morgan fingerprint density at radius 3 is 2.47 bits per heavy atom. The van der Waals surface area contributed by atoms with Gasteiger partial charge < -0.3 is 10.6 Å². The first-order valence-electron chi connectivity index (χ1n) is 5.87. The summed E-state index contributed by atoms with van der Waals surface area (Å²) in [7, 11) is 0.185. The van der Waals surface area contributed by atoms with E-state index in [4.69, 9.17) is 17.3 Å². The van der Waals surface area contributed by atoms with Crippen LogP contribution in [0.15, 0.2) is 17.0 Å². The van der Waals surface area contributed by atoms with Crippen LogP contribution in [-0.4, -0.2) is 40.0 Å². The fourth-order valence-corrected chi connectivity index (χ4v) is 2.80. The lowest BCUT2D eigenvalue weighted by molar-refractivity contribution is 0.314. The fraction of sp³-hybridized carbons (Fsp3) is 0.500. The molecule has 0 amide bonds. The van der Waals surface area contributed by atoms with E-state index in [-0.39, 0.29) is 10.9 Å². The van der Waals surface area contributed by atoms with Gasteiger partial charge in [-0.3, -0.25) is 0 Å². The van der Waals surface area contributed by atoms with Crippen molar-refractivity contribution in [2.45, 2.75) is 24.8 Å². The molecule has 0 aliphatic heterocycles. The zero-order valence-electron chi connectivity index (χ0n) is 11.6. The predicted octanol–water partition coefficient (Wildman–Crippen LogP) is 1.46. The summed E-state index contributed by atoms with van der Waals surface area (Å²) in [6, 6.07) is 2.92. The predicted molar refractivity (Wildman–Crippen MR) is 78.9 cm³/mol. The van der Waals surface area contributed by atoms with Crippen LogP contribution in [0.3, 0.4) is 0 Å².